The first-order valence-corrected chi connectivity index (χ1v) is 6.55. The molecule has 0 heterocycles. The monoisotopic (exact) mass is 268 g/mol. The van der Waals surface area contributed by atoms with Gasteiger partial charge in [-0.25, -0.2) is 4.39 Å². The number of hydrogen-bond acceptors (Lipinski definition) is 2. The van der Waals surface area contributed by atoms with E-state index in [1.54, 1.807) is 6.07 Å². The van der Waals surface area contributed by atoms with Crippen molar-refractivity contribution in [3.8, 4) is 6.07 Å². The summed E-state index contributed by atoms with van der Waals surface area (Å²) in [6, 6.07) is 16.5. The molecule has 0 saturated carbocycles. The first-order chi connectivity index (χ1) is 9.60. The van der Waals surface area contributed by atoms with Gasteiger partial charge in [-0.05, 0) is 49.4 Å². The van der Waals surface area contributed by atoms with Crippen molar-refractivity contribution >= 4 is 0 Å². The lowest BCUT2D eigenvalue weighted by Crippen LogP contribution is -2.21. The zero-order valence-electron chi connectivity index (χ0n) is 11.7. The maximum absolute atomic E-state index is 12.9. The highest BCUT2D eigenvalue weighted by Crippen LogP contribution is 2.21. The van der Waals surface area contributed by atoms with Gasteiger partial charge in [0.2, 0.25) is 0 Å². The van der Waals surface area contributed by atoms with E-state index in [9.17, 15) is 4.39 Å². The predicted octanol–water partition coefficient (Wildman–Crippen LogP) is 3.89. The summed E-state index contributed by atoms with van der Waals surface area (Å²) in [5, 5.41) is 8.91. The van der Waals surface area contributed by atoms with Gasteiger partial charge in [0.05, 0.1) is 11.6 Å². The summed E-state index contributed by atoms with van der Waals surface area (Å²) in [7, 11) is 2.02. The Kier molecular flexibility index (Phi) is 4.49. The summed E-state index contributed by atoms with van der Waals surface area (Å²) < 4.78 is 12.9. The summed E-state index contributed by atoms with van der Waals surface area (Å²) in [5.74, 6) is -0.217. The topological polar surface area (TPSA) is 27.0 Å². The van der Waals surface area contributed by atoms with Crippen LogP contribution in [0.2, 0.25) is 0 Å². The van der Waals surface area contributed by atoms with E-state index >= 15 is 0 Å². The van der Waals surface area contributed by atoms with E-state index in [0.717, 1.165) is 17.7 Å². The zero-order valence-corrected chi connectivity index (χ0v) is 11.7. The standard InChI is InChI=1S/C17H17FN2/c1-13(16-6-8-17(18)9-7-16)20(2)12-15-5-3-4-14(10-15)11-19/h3-10,13H,12H2,1-2H3. The molecule has 2 aromatic carbocycles. The largest absolute Gasteiger partial charge is 0.295 e. The molecule has 0 N–H and O–H groups in total. The second-order valence-corrected chi connectivity index (χ2v) is 4.95. The van der Waals surface area contributed by atoms with E-state index in [1.807, 2.05) is 37.4 Å². The minimum absolute atomic E-state index is 0.182. The van der Waals surface area contributed by atoms with Crippen molar-refractivity contribution in [2.45, 2.75) is 19.5 Å². The smallest absolute Gasteiger partial charge is 0.123 e. The molecule has 2 rings (SSSR count). The molecule has 0 amide bonds. The molecule has 0 fully saturated rings. The van der Waals surface area contributed by atoms with Gasteiger partial charge in [-0.3, -0.25) is 4.90 Å². The molecule has 0 bridgehead atoms. The number of nitriles is 1. The number of rotatable bonds is 4. The van der Waals surface area contributed by atoms with Gasteiger partial charge in [-0.2, -0.15) is 5.26 Å². The van der Waals surface area contributed by atoms with Crippen LogP contribution in [0, 0.1) is 17.1 Å². The van der Waals surface area contributed by atoms with Crippen molar-refractivity contribution in [3.63, 3.8) is 0 Å². The van der Waals surface area contributed by atoms with Crippen LogP contribution in [0.3, 0.4) is 0 Å². The highest BCUT2D eigenvalue weighted by Gasteiger charge is 2.12. The molecule has 2 nitrogen and oxygen atoms in total. The van der Waals surface area contributed by atoms with Crippen molar-refractivity contribution in [1.82, 2.24) is 4.90 Å². The van der Waals surface area contributed by atoms with Crippen LogP contribution in [0.1, 0.15) is 29.7 Å². The molecule has 102 valence electrons. The molecule has 2 aromatic rings. The van der Waals surface area contributed by atoms with E-state index in [2.05, 4.69) is 17.9 Å². The van der Waals surface area contributed by atoms with Crippen molar-refractivity contribution in [1.29, 1.82) is 5.26 Å². The second-order valence-electron chi connectivity index (χ2n) is 4.95. The Morgan fingerprint density at radius 2 is 1.90 bits per heavy atom. The van der Waals surface area contributed by atoms with Gasteiger partial charge in [-0.1, -0.05) is 24.3 Å². The maximum Gasteiger partial charge on any atom is 0.123 e. The third-order valence-electron chi connectivity index (χ3n) is 3.50. The Balaban J connectivity index is 2.09. The molecule has 0 saturated heterocycles. The van der Waals surface area contributed by atoms with Crippen LogP contribution in [-0.2, 0) is 6.54 Å². The van der Waals surface area contributed by atoms with E-state index < -0.39 is 0 Å². The van der Waals surface area contributed by atoms with Crippen LogP contribution < -0.4 is 0 Å². The predicted molar refractivity (Wildman–Crippen MR) is 77.4 cm³/mol. The summed E-state index contributed by atoms with van der Waals surface area (Å²) in [6.07, 6.45) is 0. The van der Waals surface area contributed by atoms with Crippen LogP contribution >= 0.6 is 0 Å². The lowest BCUT2D eigenvalue weighted by molar-refractivity contribution is 0.253. The molecule has 0 spiro atoms. The lowest BCUT2D eigenvalue weighted by atomic mass is 10.1. The number of benzene rings is 2. The van der Waals surface area contributed by atoms with E-state index in [-0.39, 0.29) is 11.9 Å². The SMILES string of the molecule is CC(c1ccc(F)cc1)N(C)Cc1cccc(C#N)c1. The fraction of sp³-hybridized carbons (Fsp3) is 0.235. The minimum Gasteiger partial charge on any atom is -0.295 e. The second kappa shape index (κ2) is 6.31. The van der Waals surface area contributed by atoms with Crippen molar-refractivity contribution < 1.29 is 4.39 Å². The van der Waals surface area contributed by atoms with Crippen LogP contribution in [0.25, 0.3) is 0 Å². The van der Waals surface area contributed by atoms with E-state index in [0.29, 0.717) is 5.56 Å². The molecule has 0 radical (unpaired) electrons. The summed E-state index contributed by atoms with van der Waals surface area (Å²) in [5.41, 5.74) is 2.84. The van der Waals surface area contributed by atoms with E-state index in [4.69, 9.17) is 5.26 Å². The summed E-state index contributed by atoms with van der Waals surface area (Å²) in [4.78, 5) is 2.17. The first-order valence-electron chi connectivity index (χ1n) is 6.55. The Hall–Kier alpha value is -2.18. The van der Waals surface area contributed by atoms with Crippen molar-refractivity contribution in [3.05, 3.63) is 71.0 Å². The van der Waals surface area contributed by atoms with Crippen LogP contribution in [-0.4, -0.2) is 11.9 Å². The van der Waals surface area contributed by atoms with E-state index in [1.165, 1.54) is 12.1 Å². The number of halogens is 1. The Morgan fingerprint density at radius 3 is 2.55 bits per heavy atom. The molecule has 20 heavy (non-hydrogen) atoms. The van der Waals surface area contributed by atoms with Gasteiger partial charge in [0.15, 0.2) is 0 Å². The summed E-state index contributed by atoms with van der Waals surface area (Å²) >= 11 is 0. The fourth-order valence-electron chi connectivity index (χ4n) is 2.16. The average Bonchev–Trinajstić information content (AvgIpc) is 2.47. The normalized spacial score (nSPS) is 12.2. The van der Waals surface area contributed by atoms with Crippen molar-refractivity contribution in [2.24, 2.45) is 0 Å². The van der Waals surface area contributed by atoms with Gasteiger partial charge in [0.25, 0.3) is 0 Å². The molecule has 1 atom stereocenters. The van der Waals surface area contributed by atoms with Gasteiger partial charge < -0.3 is 0 Å². The molecule has 0 aliphatic rings. The minimum atomic E-state index is -0.217. The number of nitrogens with zero attached hydrogens (tertiary/aromatic N) is 2. The molecule has 0 aliphatic heterocycles. The molecule has 0 aromatic heterocycles. The zero-order chi connectivity index (χ0) is 14.5. The highest BCUT2D eigenvalue weighted by atomic mass is 19.1. The van der Waals surface area contributed by atoms with Crippen LogP contribution in [0.15, 0.2) is 48.5 Å². The molecule has 3 heteroatoms. The number of hydrogen-bond donors (Lipinski definition) is 0. The Bertz CT molecular complexity index is 614. The van der Waals surface area contributed by atoms with Crippen LogP contribution in [0.4, 0.5) is 4.39 Å². The quantitative estimate of drug-likeness (QED) is 0.841. The molecule has 0 aliphatic carbocycles. The Labute approximate surface area is 119 Å². The van der Waals surface area contributed by atoms with Crippen molar-refractivity contribution in [2.75, 3.05) is 7.05 Å². The fourth-order valence-corrected chi connectivity index (χ4v) is 2.16. The first kappa shape index (κ1) is 14.2. The van der Waals surface area contributed by atoms with Gasteiger partial charge >= 0.3 is 0 Å². The third kappa shape index (κ3) is 3.43. The molecular weight excluding hydrogens is 251 g/mol. The van der Waals surface area contributed by atoms with Gasteiger partial charge in [0, 0.05) is 12.6 Å². The maximum atomic E-state index is 12.9. The molecule has 1 unspecified atom stereocenters. The van der Waals surface area contributed by atoms with Crippen LogP contribution in [0.5, 0.6) is 0 Å². The third-order valence-corrected chi connectivity index (χ3v) is 3.50. The molecular formula is C17H17FN2. The lowest BCUT2D eigenvalue weighted by Gasteiger charge is -2.25. The Morgan fingerprint density at radius 1 is 1.20 bits per heavy atom. The summed E-state index contributed by atoms with van der Waals surface area (Å²) in [6.45, 7) is 2.83. The van der Waals surface area contributed by atoms with Gasteiger partial charge in [-0.15, -0.1) is 0 Å². The average molecular weight is 268 g/mol. The highest BCUT2D eigenvalue weighted by molar-refractivity contribution is 5.32. The van der Waals surface area contributed by atoms with Gasteiger partial charge in [0.1, 0.15) is 5.82 Å².